The highest BCUT2D eigenvalue weighted by Crippen LogP contribution is 2.21. The van der Waals surface area contributed by atoms with E-state index in [4.69, 9.17) is 0 Å². The Bertz CT molecular complexity index is 744. The first-order valence-corrected chi connectivity index (χ1v) is 8.15. The van der Waals surface area contributed by atoms with Crippen molar-refractivity contribution in [2.24, 2.45) is 7.05 Å². The van der Waals surface area contributed by atoms with Gasteiger partial charge in [-0.25, -0.2) is 0 Å². The van der Waals surface area contributed by atoms with Crippen molar-refractivity contribution in [1.82, 2.24) is 15.1 Å². The molecule has 1 aromatic heterocycles. The van der Waals surface area contributed by atoms with Gasteiger partial charge in [0.25, 0.3) is 5.91 Å². The highest BCUT2D eigenvalue weighted by Gasteiger charge is 2.31. The van der Waals surface area contributed by atoms with E-state index in [9.17, 15) is 9.59 Å². The molecule has 1 aliphatic rings. The number of hydrogen-bond acceptors (Lipinski definition) is 3. The Labute approximate surface area is 141 Å². The number of nitrogens with zero attached hydrogens (tertiary/aromatic N) is 3. The Morgan fingerprint density at radius 1 is 1.25 bits per heavy atom. The quantitative estimate of drug-likeness (QED) is 0.937. The number of aromatic nitrogens is 2. The summed E-state index contributed by atoms with van der Waals surface area (Å²) in [6.45, 7) is 4.57. The molecule has 2 heterocycles. The zero-order valence-corrected chi connectivity index (χ0v) is 14.2. The van der Waals surface area contributed by atoms with Gasteiger partial charge in [-0.2, -0.15) is 5.10 Å². The summed E-state index contributed by atoms with van der Waals surface area (Å²) in [5.41, 5.74) is 3.27. The number of carbonyl (C=O) groups is 2. The number of anilines is 1. The molecule has 0 aliphatic carbocycles. The number of carbonyl (C=O) groups excluding carboxylic acids is 2. The second kappa shape index (κ2) is 6.47. The van der Waals surface area contributed by atoms with Gasteiger partial charge in [0.15, 0.2) is 0 Å². The summed E-state index contributed by atoms with van der Waals surface area (Å²) in [5, 5.41) is 7.00. The van der Waals surface area contributed by atoms with Gasteiger partial charge in [-0.3, -0.25) is 14.3 Å². The highest BCUT2D eigenvalue weighted by atomic mass is 16.2. The van der Waals surface area contributed by atoms with E-state index in [2.05, 4.69) is 10.4 Å². The van der Waals surface area contributed by atoms with Crippen LogP contribution in [0.15, 0.2) is 30.3 Å². The van der Waals surface area contributed by atoms with E-state index in [0.717, 1.165) is 23.4 Å². The molecule has 1 aromatic carbocycles. The predicted octanol–water partition coefficient (Wildman–Crippen LogP) is 1.96. The van der Waals surface area contributed by atoms with Crippen LogP contribution in [0.5, 0.6) is 0 Å². The average molecular weight is 326 g/mol. The van der Waals surface area contributed by atoms with Crippen molar-refractivity contribution >= 4 is 17.5 Å². The van der Waals surface area contributed by atoms with Crippen molar-refractivity contribution in [3.05, 3.63) is 47.3 Å². The van der Waals surface area contributed by atoms with Crippen molar-refractivity contribution < 1.29 is 9.59 Å². The molecule has 1 atom stereocenters. The summed E-state index contributed by atoms with van der Waals surface area (Å²) in [4.78, 5) is 26.8. The number of nitrogens with one attached hydrogen (secondary N) is 1. The normalized spacial score (nSPS) is 17.9. The van der Waals surface area contributed by atoms with E-state index in [0.29, 0.717) is 18.7 Å². The first kappa shape index (κ1) is 16.2. The maximum atomic E-state index is 12.7. The lowest BCUT2D eigenvalue weighted by molar-refractivity contribution is -0.121. The van der Waals surface area contributed by atoms with Gasteiger partial charge in [-0.15, -0.1) is 0 Å². The van der Waals surface area contributed by atoms with Gasteiger partial charge in [0, 0.05) is 25.0 Å². The zero-order valence-electron chi connectivity index (χ0n) is 14.2. The van der Waals surface area contributed by atoms with E-state index in [1.165, 1.54) is 0 Å². The predicted molar refractivity (Wildman–Crippen MR) is 92.0 cm³/mol. The Morgan fingerprint density at radius 3 is 2.58 bits per heavy atom. The topological polar surface area (TPSA) is 67.2 Å². The third-order valence-electron chi connectivity index (χ3n) is 4.44. The van der Waals surface area contributed by atoms with E-state index in [1.54, 1.807) is 22.7 Å². The highest BCUT2D eigenvalue weighted by molar-refractivity contribution is 6.02. The average Bonchev–Trinajstić information content (AvgIpc) is 2.90. The van der Waals surface area contributed by atoms with Crippen LogP contribution >= 0.6 is 0 Å². The minimum absolute atomic E-state index is 0.0638. The number of rotatable bonds is 3. The van der Waals surface area contributed by atoms with Crippen LogP contribution in [-0.4, -0.2) is 34.2 Å². The molecule has 6 heteroatoms. The molecule has 1 saturated heterocycles. The van der Waals surface area contributed by atoms with Crippen LogP contribution in [0.4, 0.5) is 5.69 Å². The number of benzene rings is 1. The molecule has 1 N–H and O–H groups in total. The van der Waals surface area contributed by atoms with Crippen molar-refractivity contribution in [3.8, 4) is 0 Å². The van der Waals surface area contributed by atoms with E-state index in [-0.39, 0.29) is 11.8 Å². The van der Waals surface area contributed by atoms with Crippen LogP contribution in [0.3, 0.4) is 0 Å². The molecule has 24 heavy (non-hydrogen) atoms. The SMILES string of the molecule is Cc1ccc(N2CCCC(NC(=O)c3cc(C)n(C)n3)C2=O)cc1. The van der Waals surface area contributed by atoms with Gasteiger partial charge in [-0.05, 0) is 44.9 Å². The number of piperidine rings is 1. The van der Waals surface area contributed by atoms with Crippen molar-refractivity contribution in [3.63, 3.8) is 0 Å². The first-order valence-electron chi connectivity index (χ1n) is 8.15. The molecule has 2 amide bonds. The van der Waals surface area contributed by atoms with Crippen LogP contribution in [0.1, 0.15) is 34.6 Å². The second-order valence-corrected chi connectivity index (χ2v) is 6.29. The van der Waals surface area contributed by atoms with E-state index in [1.807, 2.05) is 38.1 Å². The number of hydrogen-bond donors (Lipinski definition) is 1. The summed E-state index contributed by atoms with van der Waals surface area (Å²) in [6, 6.07) is 9.08. The molecule has 0 bridgehead atoms. The van der Waals surface area contributed by atoms with Crippen LogP contribution in [0.2, 0.25) is 0 Å². The standard InChI is InChI=1S/C18H22N4O2/c1-12-6-8-14(9-7-12)22-10-4-5-15(18(22)24)19-17(23)16-11-13(2)21(3)20-16/h6-9,11,15H,4-5,10H2,1-3H3,(H,19,23). The first-order chi connectivity index (χ1) is 11.5. The molecular formula is C18H22N4O2. The van der Waals surface area contributed by atoms with Gasteiger partial charge < -0.3 is 10.2 Å². The van der Waals surface area contributed by atoms with E-state index < -0.39 is 6.04 Å². The molecule has 126 valence electrons. The molecular weight excluding hydrogens is 304 g/mol. The Hall–Kier alpha value is -2.63. The Balaban J connectivity index is 1.73. The fourth-order valence-electron chi connectivity index (χ4n) is 2.89. The fraction of sp³-hybridized carbons (Fsp3) is 0.389. The monoisotopic (exact) mass is 326 g/mol. The lowest BCUT2D eigenvalue weighted by atomic mass is 10.0. The molecule has 0 saturated carbocycles. The van der Waals surface area contributed by atoms with Gasteiger partial charge >= 0.3 is 0 Å². The fourth-order valence-corrected chi connectivity index (χ4v) is 2.89. The zero-order chi connectivity index (χ0) is 17.3. The smallest absolute Gasteiger partial charge is 0.272 e. The minimum atomic E-state index is -0.505. The maximum Gasteiger partial charge on any atom is 0.272 e. The van der Waals surface area contributed by atoms with Gasteiger partial charge in [0.05, 0.1) is 0 Å². The summed E-state index contributed by atoms with van der Waals surface area (Å²) in [7, 11) is 1.79. The van der Waals surface area contributed by atoms with Crippen LogP contribution in [0.25, 0.3) is 0 Å². The Morgan fingerprint density at radius 2 is 1.96 bits per heavy atom. The number of amides is 2. The van der Waals surface area contributed by atoms with Crippen LogP contribution in [0, 0.1) is 13.8 Å². The molecule has 2 aromatic rings. The summed E-state index contributed by atoms with van der Waals surface area (Å²) in [6.07, 6.45) is 1.50. The maximum absolute atomic E-state index is 12.7. The largest absolute Gasteiger partial charge is 0.339 e. The molecule has 1 unspecified atom stereocenters. The van der Waals surface area contributed by atoms with Crippen molar-refractivity contribution in [1.29, 1.82) is 0 Å². The number of aryl methyl sites for hydroxylation is 3. The lowest BCUT2D eigenvalue weighted by Gasteiger charge is -2.32. The van der Waals surface area contributed by atoms with E-state index >= 15 is 0 Å². The molecule has 0 spiro atoms. The molecule has 1 aliphatic heterocycles. The van der Waals surface area contributed by atoms with Crippen LogP contribution in [-0.2, 0) is 11.8 Å². The minimum Gasteiger partial charge on any atom is -0.339 e. The molecule has 6 nitrogen and oxygen atoms in total. The summed E-state index contributed by atoms with van der Waals surface area (Å²) < 4.78 is 1.65. The second-order valence-electron chi connectivity index (χ2n) is 6.29. The van der Waals surface area contributed by atoms with Crippen LogP contribution < -0.4 is 10.2 Å². The van der Waals surface area contributed by atoms with Gasteiger partial charge in [0.1, 0.15) is 11.7 Å². The van der Waals surface area contributed by atoms with Gasteiger partial charge in [-0.1, -0.05) is 17.7 Å². The third-order valence-corrected chi connectivity index (χ3v) is 4.44. The summed E-state index contributed by atoms with van der Waals surface area (Å²) in [5.74, 6) is -0.367. The molecule has 0 radical (unpaired) electrons. The van der Waals surface area contributed by atoms with Gasteiger partial charge in [0.2, 0.25) is 5.91 Å². The molecule has 3 rings (SSSR count). The summed E-state index contributed by atoms with van der Waals surface area (Å²) >= 11 is 0. The lowest BCUT2D eigenvalue weighted by Crippen LogP contribution is -2.52. The van der Waals surface area contributed by atoms with Crippen molar-refractivity contribution in [2.45, 2.75) is 32.7 Å². The molecule has 1 fully saturated rings. The Kier molecular flexibility index (Phi) is 4.38. The van der Waals surface area contributed by atoms with Crippen molar-refractivity contribution in [2.75, 3.05) is 11.4 Å². The third kappa shape index (κ3) is 3.18.